The minimum absolute atomic E-state index is 0.0658. The topological polar surface area (TPSA) is 32.7 Å². The van der Waals surface area contributed by atoms with Gasteiger partial charge in [0.25, 0.3) is 0 Å². The Labute approximate surface area is 131 Å². The van der Waals surface area contributed by atoms with Gasteiger partial charge in [0.2, 0.25) is 0 Å². The lowest BCUT2D eigenvalue weighted by atomic mass is 10.0. The lowest BCUT2D eigenvalue weighted by molar-refractivity contribution is 0.194. The molecule has 0 aliphatic carbocycles. The highest BCUT2D eigenvalue weighted by atomic mass is 16.5. The number of ether oxygens (including phenoxy) is 1. The van der Waals surface area contributed by atoms with E-state index in [0.717, 1.165) is 36.5 Å². The van der Waals surface area contributed by atoms with Crippen molar-refractivity contribution < 1.29 is 9.84 Å². The molecule has 0 bridgehead atoms. The first kappa shape index (κ1) is 14.5. The third kappa shape index (κ3) is 3.25. The smallest absolute Gasteiger partial charge is 0.146 e. The van der Waals surface area contributed by atoms with Crippen LogP contribution in [0.5, 0.6) is 11.5 Å². The Hall–Kier alpha value is -2.42. The second-order valence-corrected chi connectivity index (χ2v) is 5.92. The molecule has 2 aromatic carbocycles. The summed E-state index contributed by atoms with van der Waals surface area (Å²) in [6.45, 7) is 7.66. The number of anilines is 1. The number of rotatable bonds is 4. The molecule has 0 radical (unpaired) electrons. The quantitative estimate of drug-likeness (QED) is 0.871. The normalized spacial score (nSPS) is 16.8. The summed E-state index contributed by atoms with van der Waals surface area (Å²) in [6, 6.07) is 15.6. The van der Waals surface area contributed by atoms with Gasteiger partial charge in [0.1, 0.15) is 17.6 Å². The van der Waals surface area contributed by atoms with E-state index in [1.807, 2.05) is 31.2 Å². The summed E-state index contributed by atoms with van der Waals surface area (Å²) in [5, 5.41) is 9.72. The third-order valence-electron chi connectivity index (χ3n) is 3.77. The number of phenolic OH excluding ortho intramolecular Hbond substituents is 1. The molecule has 0 aromatic heterocycles. The van der Waals surface area contributed by atoms with Crippen LogP contribution in [0.3, 0.4) is 0 Å². The Balaban J connectivity index is 1.85. The van der Waals surface area contributed by atoms with Crippen molar-refractivity contribution in [3.8, 4) is 11.5 Å². The van der Waals surface area contributed by atoms with Crippen molar-refractivity contribution in [2.75, 3.05) is 18.0 Å². The summed E-state index contributed by atoms with van der Waals surface area (Å²) < 4.78 is 6.10. The van der Waals surface area contributed by atoms with Crippen molar-refractivity contribution in [2.24, 2.45) is 0 Å². The van der Waals surface area contributed by atoms with E-state index in [-0.39, 0.29) is 11.9 Å². The molecular weight excluding hydrogens is 274 g/mol. The average molecular weight is 295 g/mol. The summed E-state index contributed by atoms with van der Waals surface area (Å²) in [5.41, 5.74) is 3.39. The lowest BCUT2D eigenvalue weighted by Crippen LogP contribution is -2.41. The highest BCUT2D eigenvalue weighted by molar-refractivity contribution is 5.63. The van der Waals surface area contributed by atoms with Crippen LogP contribution >= 0.6 is 0 Å². The Bertz CT molecular complexity index is 666. The zero-order valence-electron chi connectivity index (χ0n) is 12.8. The predicted octanol–water partition coefficient (Wildman–Crippen LogP) is 3.78. The van der Waals surface area contributed by atoms with Gasteiger partial charge in [-0.1, -0.05) is 42.5 Å². The highest BCUT2D eigenvalue weighted by Crippen LogP contribution is 2.37. The van der Waals surface area contributed by atoms with Gasteiger partial charge < -0.3 is 14.7 Å². The Morgan fingerprint density at radius 2 is 2.05 bits per heavy atom. The Kier molecular flexibility index (Phi) is 4.05. The molecule has 1 aliphatic rings. The molecule has 1 aliphatic heterocycles. The van der Waals surface area contributed by atoms with E-state index in [4.69, 9.17) is 4.74 Å². The number of fused-ring (bicyclic) bond motifs is 1. The van der Waals surface area contributed by atoms with Gasteiger partial charge in [-0.3, -0.25) is 0 Å². The van der Waals surface area contributed by atoms with Crippen LogP contribution in [0.2, 0.25) is 0 Å². The maximum atomic E-state index is 9.72. The summed E-state index contributed by atoms with van der Waals surface area (Å²) in [7, 11) is 0. The lowest BCUT2D eigenvalue weighted by Gasteiger charge is -2.36. The molecule has 0 fully saturated rings. The molecular formula is C19H21NO2. The summed E-state index contributed by atoms with van der Waals surface area (Å²) >= 11 is 0. The van der Waals surface area contributed by atoms with E-state index < -0.39 is 0 Å². The molecule has 3 rings (SSSR count). The zero-order chi connectivity index (χ0) is 15.5. The van der Waals surface area contributed by atoms with Crippen LogP contribution in [-0.4, -0.2) is 24.3 Å². The molecule has 0 saturated carbocycles. The van der Waals surface area contributed by atoms with Crippen molar-refractivity contribution in [2.45, 2.75) is 19.4 Å². The minimum Gasteiger partial charge on any atom is -0.508 e. The summed E-state index contributed by atoms with van der Waals surface area (Å²) in [4.78, 5) is 2.27. The van der Waals surface area contributed by atoms with E-state index in [1.165, 1.54) is 5.56 Å². The molecule has 0 amide bonds. The minimum atomic E-state index is 0.0658. The predicted molar refractivity (Wildman–Crippen MR) is 89.7 cm³/mol. The molecule has 2 aromatic rings. The van der Waals surface area contributed by atoms with Crippen LogP contribution in [0, 0.1) is 0 Å². The molecule has 1 N–H and O–H groups in total. The number of aromatic hydroxyl groups is 1. The first-order chi connectivity index (χ1) is 10.6. The number of nitrogens with zero attached hydrogens (tertiary/aromatic N) is 1. The van der Waals surface area contributed by atoms with Gasteiger partial charge in [0.05, 0.1) is 12.2 Å². The molecule has 0 saturated heterocycles. The zero-order valence-corrected chi connectivity index (χ0v) is 12.8. The monoisotopic (exact) mass is 295 g/mol. The summed E-state index contributed by atoms with van der Waals surface area (Å²) in [5.74, 6) is 0.975. The average Bonchev–Trinajstić information content (AvgIpc) is 2.47. The number of hydrogen-bond acceptors (Lipinski definition) is 3. The van der Waals surface area contributed by atoms with Crippen LogP contribution < -0.4 is 9.64 Å². The van der Waals surface area contributed by atoms with Gasteiger partial charge in [0.15, 0.2) is 0 Å². The number of benzene rings is 2. The first-order valence-electron chi connectivity index (χ1n) is 7.55. The first-order valence-corrected chi connectivity index (χ1v) is 7.55. The standard InChI is InChI=1S/C19H21NO2/c1-14(2)12-20-13-17(10-15-6-4-3-5-7-15)22-19-11-16(21)8-9-18(19)20/h3-9,11,17,21H,1,10,12-13H2,2H3. The van der Waals surface area contributed by atoms with Gasteiger partial charge in [-0.15, -0.1) is 0 Å². The van der Waals surface area contributed by atoms with Gasteiger partial charge in [-0.25, -0.2) is 0 Å². The molecule has 114 valence electrons. The highest BCUT2D eigenvalue weighted by Gasteiger charge is 2.26. The van der Waals surface area contributed by atoms with Gasteiger partial charge >= 0.3 is 0 Å². The summed E-state index contributed by atoms with van der Waals surface area (Å²) in [6.07, 6.45) is 0.916. The number of hydrogen-bond donors (Lipinski definition) is 1. The van der Waals surface area contributed by atoms with Crippen LogP contribution in [0.4, 0.5) is 5.69 Å². The van der Waals surface area contributed by atoms with Crippen LogP contribution in [0.15, 0.2) is 60.7 Å². The fourth-order valence-electron chi connectivity index (χ4n) is 2.88. The Morgan fingerprint density at radius 1 is 1.27 bits per heavy atom. The third-order valence-corrected chi connectivity index (χ3v) is 3.77. The molecule has 0 spiro atoms. The SMILES string of the molecule is C=C(C)CN1CC(Cc2ccccc2)Oc2cc(O)ccc21. The van der Waals surface area contributed by atoms with Gasteiger partial charge in [0, 0.05) is 19.0 Å². The van der Waals surface area contributed by atoms with Crippen molar-refractivity contribution in [1.82, 2.24) is 0 Å². The molecule has 1 unspecified atom stereocenters. The largest absolute Gasteiger partial charge is 0.508 e. The molecule has 1 heterocycles. The van der Waals surface area contributed by atoms with Gasteiger partial charge in [-0.05, 0) is 24.6 Å². The molecule has 3 nitrogen and oxygen atoms in total. The van der Waals surface area contributed by atoms with E-state index >= 15 is 0 Å². The molecule has 3 heteroatoms. The fourth-order valence-corrected chi connectivity index (χ4v) is 2.88. The van der Waals surface area contributed by atoms with Gasteiger partial charge in [-0.2, -0.15) is 0 Å². The second-order valence-electron chi connectivity index (χ2n) is 5.92. The van der Waals surface area contributed by atoms with Crippen LogP contribution in [0.1, 0.15) is 12.5 Å². The van der Waals surface area contributed by atoms with Crippen molar-refractivity contribution in [1.29, 1.82) is 0 Å². The molecule has 1 atom stereocenters. The van der Waals surface area contributed by atoms with E-state index in [9.17, 15) is 5.11 Å². The van der Waals surface area contributed by atoms with Crippen molar-refractivity contribution in [3.05, 3.63) is 66.2 Å². The molecule has 22 heavy (non-hydrogen) atoms. The van der Waals surface area contributed by atoms with Crippen molar-refractivity contribution >= 4 is 5.69 Å². The van der Waals surface area contributed by atoms with E-state index in [2.05, 4.69) is 23.6 Å². The van der Waals surface area contributed by atoms with E-state index in [0.29, 0.717) is 0 Å². The number of phenols is 1. The van der Waals surface area contributed by atoms with Crippen LogP contribution in [0.25, 0.3) is 0 Å². The fraction of sp³-hybridized carbons (Fsp3) is 0.263. The van der Waals surface area contributed by atoms with Crippen molar-refractivity contribution in [3.63, 3.8) is 0 Å². The maximum Gasteiger partial charge on any atom is 0.146 e. The Morgan fingerprint density at radius 3 is 2.77 bits per heavy atom. The van der Waals surface area contributed by atoms with E-state index in [1.54, 1.807) is 12.1 Å². The van der Waals surface area contributed by atoms with Crippen LogP contribution in [-0.2, 0) is 6.42 Å². The second kappa shape index (κ2) is 6.14. The maximum absolute atomic E-state index is 9.72.